The van der Waals surface area contributed by atoms with Gasteiger partial charge in [0.15, 0.2) is 0 Å². The van der Waals surface area contributed by atoms with Crippen LogP contribution in [-0.2, 0) is 11.3 Å². The number of hydrogen-bond acceptors (Lipinski definition) is 6. The van der Waals surface area contributed by atoms with Crippen LogP contribution in [0.1, 0.15) is 34.1 Å². The number of carbonyl (C=O) groups is 1. The predicted molar refractivity (Wildman–Crippen MR) is 119 cm³/mol. The Kier molecular flexibility index (Phi) is 6.50. The highest BCUT2D eigenvalue weighted by Crippen LogP contribution is 2.33. The average Bonchev–Trinajstić information content (AvgIpc) is 3.44. The number of aromatic nitrogens is 1. The first kappa shape index (κ1) is 20.6. The van der Waals surface area contributed by atoms with Crippen LogP contribution in [0.15, 0.2) is 46.3 Å². The number of amides is 1. The quantitative estimate of drug-likeness (QED) is 0.554. The zero-order valence-electron chi connectivity index (χ0n) is 17.5. The molecule has 1 aliphatic rings. The van der Waals surface area contributed by atoms with Gasteiger partial charge in [-0.2, -0.15) is 0 Å². The molecule has 1 aromatic carbocycles. The highest BCUT2D eigenvalue weighted by molar-refractivity contribution is 7.12. The van der Waals surface area contributed by atoms with Gasteiger partial charge in [-0.1, -0.05) is 41.9 Å². The van der Waals surface area contributed by atoms with Crippen molar-refractivity contribution >= 4 is 23.1 Å². The molecule has 30 heavy (non-hydrogen) atoms. The average molecular weight is 426 g/mol. The fourth-order valence-corrected chi connectivity index (χ4v) is 4.44. The lowest BCUT2D eigenvalue weighted by Gasteiger charge is -2.28. The zero-order valence-corrected chi connectivity index (χ0v) is 18.3. The monoisotopic (exact) mass is 425 g/mol. The second-order valence-corrected chi connectivity index (χ2v) is 8.44. The van der Waals surface area contributed by atoms with Crippen molar-refractivity contribution in [3.63, 3.8) is 0 Å². The van der Waals surface area contributed by atoms with E-state index in [0.717, 1.165) is 52.7 Å². The molecule has 1 saturated heterocycles. The van der Waals surface area contributed by atoms with Crippen molar-refractivity contribution in [2.45, 2.75) is 26.8 Å². The summed E-state index contributed by atoms with van der Waals surface area (Å²) in [5.41, 5.74) is 3.93. The Hall–Kier alpha value is -2.64. The Morgan fingerprint density at radius 1 is 1.23 bits per heavy atom. The van der Waals surface area contributed by atoms with Gasteiger partial charge in [0.1, 0.15) is 5.69 Å². The second kappa shape index (κ2) is 9.45. The summed E-state index contributed by atoms with van der Waals surface area (Å²) in [4.78, 5) is 18.0. The molecule has 0 unspecified atom stereocenters. The van der Waals surface area contributed by atoms with Crippen LogP contribution in [0.2, 0.25) is 0 Å². The van der Waals surface area contributed by atoms with Gasteiger partial charge in [0.25, 0.3) is 5.91 Å². The molecular weight excluding hydrogens is 398 g/mol. The summed E-state index contributed by atoms with van der Waals surface area (Å²) in [5, 5.41) is 6.38. The van der Waals surface area contributed by atoms with Crippen LogP contribution in [0.4, 0.5) is 5.88 Å². The molecule has 3 aromatic rings. The van der Waals surface area contributed by atoms with Crippen molar-refractivity contribution in [2.24, 2.45) is 0 Å². The Morgan fingerprint density at radius 2 is 2.07 bits per heavy atom. The predicted octanol–water partition coefficient (Wildman–Crippen LogP) is 4.60. The first-order valence-electron chi connectivity index (χ1n) is 10.4. The normalized spacial score (nSPS) is 14.1. The Balaban J connectivity index is 1.72. The summed E-state index contributed by atoms with van der Waals surface area (Å²) in [6.07, 6.45) is 0.884. The van der Waals surface area contributed by atoms with Crippen molar-refractivity contribution in [1.82, 2.24) is 10.1 Å². The van der Waals surface area contributed by atoms with Gasteiger partial charge in [-0.3, -0.25) is 4.79 Å². The molecular formula is C23H27N3O3S. The van der Waals surface area contributed by atoms with Gasteiger partial charge >= 0.3 is 0 Å². The summed E-state index contributed by atoms with van der Waals surface area (Å²) in [7, 11) is 0. The van der Waals surface area contributed by atoms with E-state index in [2.05, 4.69) is 36.0 Å². The molecule has 0 aliphatic carbocycles. The molecule has 0 atom stereocenters. The third kappa shape index (κ3) is 4.42. The molecule has 158 valence electrons. The molecule has 2 aromatic heterocycles. The maximum absolute atomic E-state index is 13.2. The molecule has 0 N–H and O–H groups in total. The minimum absolute atomic E-state index is 0.0520. The maximum atomic E-state index is 13.2. The third-order valence-corrected chi connectivity index (χ3v) is 6.08. The van der Waals surface area contributed by atoms with Crippen LogP contribution in [0.5, 0.6) is 0 Å². The van der Waals surface area contributed by atoms with E-state index in [4.69, 9.17) is 9.26 Å². The number of carbonyl (C=O) groups excluding carboxylic acids is 1. The number of morpholine rings is 1. The molecule has 3 heterocycles. The van der Waals surface area contributed by atoms with E-state index in [1.807, 2.05) is 34.5 Å². The number of nitrogens with zero attached hydrogens (tertiary/aromatic N) is 3. The van der Waals surface area contributed by atoms with E-state index < -0.39 is 0 Å². The standard InChI is InChI=1S/C23H27N3O3S/c1-3-9-26(22(27)20-8-5-14-30-20)16-19-21(18-7-4-6-17(2)15-18)24-29-23(19)25-10-12-28-13-11-25/h4-8,14-15H,3,9-13,16H2,1-2H3. The lowest BCUT2D eigenvalue weighted by molar-refractivity contribution is 0.0748. The summed E-state index contributed by atoms with van der Waals surface area (Å²) >= 11 is 1.48. The highest BCUT2D eigenvalue weighted by atomic mass is 32.1. The van der Waals surface area contributed by atoms with Crippen LogP contribution in [0.3, 0.4) is 0 Å². The fourth-order valence-electron chi connectivity index (χ4n) is 3.75. The van der Waals surface area contributed by atoms with E-state index in [1.165, 1.54) is 11.3 Å². The molecule has 0 radical (unpaired) electrons. The zero-order chi connectivity index (χ0) is 20.9. The van der Waals surface area contributed by atoms with Gasteiger partial charge < -0.3 is 19.1 Å². The van der Waals surface area contributed by atoms with Crippen molar-refractivity contribution in [2.75, 3.05) is 37.7 Å². The Labute approximate surface area is 181 Å². The molecule has 0 bridgehead atoms. The lowest BCUT2D eigenvalue weighted by Crippen LogP contribution is -2.37. The number of rotatable bonds is 7. The first-order valence-corrected chi connectivity index (χ1v) is 11.3. The van der Waals surface area contributed by atoms with Gasteiger partial charge in [0, 0.05) is 25.2 Å². The van der Waals surface area contributed by atoms with Crippen LogP contribution in [-0.4, -0.2) is 48.8 Å². The molecule has 0 saturated carbocycles. The number of ether oxygens (including phenoxy) is 1. The van der Waals surface area contributed by atoms with E-state index in [0.29, 0.717) is 26.3 Å². The van der Waals surface area contributed by atoms with Gasteiger partial charge in [-0.05, 0) is 30.9 Å². The molecule has 1 aliphatic heterocycles. The first-order chi connectivity index (χ1) is 14.7. The van der Waals surface area contributed by atoms with Crippen molar-refractivity contribution < 1.29 is 14.1 Å². The Morgan fingerprint density at radius 3 is 2.77 bits per heavy atom. The van der Waals surface area contributed by atoms with Gasteiger partial charge in [0.2, 0.25) is 5.88 Å². The van der Waals surface area contributed by atoms with E-state index in [1.54, 1.807) is 0 Å². The molecule has 0 spiro atoms. The number of aryl methyl sites for hydroxylation is 1. The highest BCUT2D eigenvalue weighted by Gasteiger charge is 2.27. The molecule has 6 nitrogen and oxygen atoms in total. The smallest absolute Gasteiger partial charge is 0.264 e. The Bertz CT molecular complexity index is 978. The van der Waals surface area contributed by atoms with Crippen molar-refractivity contribution in [3.05, 3.63) is 57.8 Å². The number of anilines is 1. The summed E-state index contributed by atoms with van der Waals surface area (Å²) in [6, 6.07) is 12.0. The van der Waals surface area contributed by atoms with Crippen molar-refractivity contribution in [3.8, 4) is 11.3 Å². The third-order valence-electron chi connectivity index (χ3n) is 5.22. The minimum Gasteiger partial charge on any atom is -0.378 e. The van der Waals surface area contributed by atoms with E-state index in [9.17, 15) is 4.79 Å². The maximum Gasteiger partial charge on any atom is 0.264 e. The SMILES string of the molecule is CCCN(Cc1c(-c2cccc(C)c2)noc1N1CCOCC1)C(=O)c1cccs1. The topological polar surface area (TPSA) is 58.8 Å². The summed E-state index contributed by atoms with van der Waals surface area (Å²) in [6.45, 7) is 8.12. The van der Waals surface area contributed by atoms with E-state index in [-0.39, 0.29) is 5.91 Å². The number of thiophene rings is 1. The molecule has 7 heteroatoms. The number of hydrogen-bond donors (Lipinski definition) is 0. The van der Waals surface area contributed by atoms with E-state index >= 15 is 0 Å². The van der Waals surface area contributed by atoms with Gasteiger partial charge in [-0.15, -0.1) is 11.3 Å². The van der Waals surface area contributed by atoms with Crippen LogP contribution >= 0.6 is 11.3 Å². The minimum atomic E-state index is 0.0520. The van der Waals surface area contributed by atoms with Crippen LogP contribution < -0.4 is 4.90 Å². The fraction of sp³-hybridized carbons (Fsp3) is 0.391. The van der Waals surface area contributed by atoms with Gasteiger partial charge in [0.05, 0.1) is 30.2 Å². The van der Waals surface area contributed by atoms with Gasteiger partial charge in [-0.25, -0.2) is 0 Å². The van der Waals surface area contributed by atoms with Crippen LogP contribution in [0, 0.1) is 6.92 Å². The summed E-state index contributed by atoms with van der Waals surface area (Å²) in [5.74, 6) is 0.797. The largest absolute Gasteiger partial charge is 0.378 e. The van der Waals surface area contributed by atoms with Crippen LogP contribution in [0.25, 0.3) is 11.3 Å². The van der Waals surface area contributed by atoms with Crippen molar-refractivity contribution in [1.29, 1.82) is 0 Å². The number of benzene rings is 1. The molecule has 1 fully saturated rings. The molecule has 1 amide bonds. The lowest BCUT2D eigenvalue weighted by atomic mass is 10.0. The summed E-state index contributed by atoms with van der Waals surface area (Å²) < 4.78 is 11.4. The molecule has 4 rings (SSSR count). The second-order valence-electron chi connectivity index (χ2n) is 7.49.